The lowest BCUT2D eigenvalue weighted by Gasteiger charge is -2.40. The molecule has 1 unspecified atom stereocenters. The van der Waals surface area contributed by atoms with Gasteiger partial charge in [0.05, 0.1) is 18.8 Å². The van der Waals surface area contributed by atoms with Crippen LogP contribution in [0.1, 0.15) is 20.4 Å². The van der Waals surface area contributed by atoms with E-state index in [-0.39, 0.29) is 29.2 Å². The normalized spacial score (nSPS) is 20.0. The van der Waals surface area contributed by atoms with Crippen LogP contribution in [0.2, 0.25) is 0 Å². The zero-order chi connectivity index (χ0) is 22.9. The van der Waals surface area contributed by atoms with Gasteiger partial charge in [-0.1, -0.05) is 0 Å². The van der Waals surface area contributed by atoms with Gasteiger partial charge in [-0.3, -0.25) is 23.9 Å². The summed E-state index contributed by atoms with van der Waals surface area (Å²) in [4.78, 5) is 48.6. The number of alkyl halides is 2. The molecular weight excluding hydrogens is 422 g/mol. The van der Waals surface area contributed by atoms with Gasteiger partial charge in [-0.2, -0.15) is 8.78 Å². The summed E-state index contributed by atoms with van der Waals surface area (Å²) >= 11 is 0. The number of esters is 1. The number of amides is 1. The summed E-state index contributed by atoms with van der Waals surface area (Å²) in [6, 6.07) is 3.64. The van der Waals surface area contributed by atoms with Crippen molar-refractivity contribution in [3.63, 3.8) is 0 Å². The third-order valence-corrected chi connectivity index (χ3v) is 4.64. The highest BCUT2D eigenvalue weighted by Gasteiger charge is 2.53. The second-order valence-electron chi connectivity index (χ2n) is 6.77. The van der Waals surface area contributed by atoms with Crippen molar-refractivity contribution in [3.8, 4) is 5.69 Å². The molecule has 0 saturated carbocycles. The molecule has 31 heavy (non-hydrogen) atoms. The molecule has 11 nitrogen and oxygen atoms in total. The van der Waals surface area contributed by atoms with Gasteiger partial charge >= 0.3 is 18.5 Å². The van der Waals surface area contributed by atoms with E-state index in [2.05, 4.69) is 5.10 Å². The molecule has 2 atom stereocenters. The van der Waals surface area contributed by atoms with E-state index in [9.17, 15) is 33.1 Å². The van der Waals surface area contributed by atoms with E-state index < -0.39 is 41.7 Å². The Labute approximate surface area is 173 Å². The lowest BCUT2D eigenvalue weighted by atomic mass is 9.95. The number of rotatable bonds is 6. The lowest BCUT2D eigenvalue weighted by molar-refractivity contribution is -0.193. The predicted molar refractivity (Wildman–Crippen MR) is 99.0 cm³/mol. The van der Waals surface area contributed by atoms with Gasteiger partial charge in [0.25, 0.3) is 11.5 Å². The summed E-state index contributed by atoms with van der Waals surface area (Å²) in [7, 11) is 0. The van der Waals surface area contributed by atoms with Crippen LogP contribution in [0, 0.1) is 0 Å². The average molecular weight is 440 g/mol. The molecule has 1 N–H and O–H groups in total. The van der Waals surface area contributed by atoms with Crippen molar-refractivity contribution >= 4 is 23.7 Å². The van der Waals surface area contributed by atoms with Crippen molar-refractivity contribution in [2.24, 2.45) is 0 Å². The van der Waals surface area contributed by atoms with E-state index in [1.54, 1.807) is 0 Å². The third-order valence-electron chi connectivity index (χ3n) is 4.64. The maximum Gasteiger partial charge on any atom is 0.348 e. The van der Waals surface area contributed by atoms with E-state index >= 15 is 0 Å². The first-order valence-electron chi connectivity index (χ1n) is 8.97. The maximum atomic E-state index is 13.1. The van der Waals surface area contributed by atoms with Crippen molar-refractivity contribution in [3.05, 3.63) is 40.9 Å². The summed E-state index contributed by atoms with van der Waals surface area (Å²) in [5.74, 6) is -3.19. The molecule has 0 aromatic carbocycles. The fourth-order valence-electron chi connectivity index (χ4n) is 3.13. The number of hydrogen-bond donors (Lipinski definition) is 1. The summed E-state index contributed by atoms with van der Waals surface area (Å²) in [6.07, 6.45) is 0.402. The summed E-state index contributed by atoms with van der Waals surface area (Å²) < 4.78 is 37.5. The number of carbonyl (C=O) groups is 3. The van der Waals surface area contributed by atoms with Crippen molar-refractivity contribution in [2.45, 2.75) is 32.1 Å². The van der Waals surface area contributed by atoms with Crippen molar-refractivity contribution < 1.29 is 37.7 Å². The first-order chi connectivity index (χ1) is 14.5. The minimum Gasteiger partial charge on any atom is -0.478 e. The number of anilines is 1. The number of carbonyl (C=O) groups excluding carboxylic acids is 2. The summed E-state index contributed by atoms with van der Waals surface area (Å²) in [5.41, 5.74) is -2.77. The highest BCUT2D eigenvalue weighted by atomic mass is 19.3. The molecule has 0 bridgehead atoms. The Morgan fingerprint density at radius 1 is 1.29 bits per heavy atom. The van der Waals surface area contributed by atoms with Gasteiger partial charge in [-0.25, -0.2) is 9.48 Å². The van der Waals surface area contributed by atoms with Crippen LogP contribution < -0.4 is 10.5 Å². The van der Waals surface area contributed by atoms with Gasteiger partial charge in [0, 0.05) is 31.5 Å². The number of morpholine rings is 1. The van der Waals surface area contributed by atoms with Crippen LogP contribution in [-0.2, 0) is 23.9 Å². The minimum absolute atomic E-state index is 0.0222. The van der Waals surface area contributed by atoms with E-state index in [1.807, 2.05) is 0 Å². The molecule has 166 valence electrons. The zero-order valence-corrected chi connectivity index (χ0v) is 16.4. The Morgan fingerprint density at radius 2 is 2.00 bits per heavy atom. The number of carboxylic acids is 1. The van der Waals surface area contributed by atoms with E-state index in [0.29, 0.717) is 0 Å². The topological polar surface area (TPSA) is 133 Å². The standard InChI is InChI=1S/C18H18F2N4O7/c1-10(25)31-14(15(27)28)18(2)16(29)22(7-8-30-18)12-5-6-24(21-12)11-3-4-13(26)23(9-11)17(19)20/h3-6,9,14,17H,7-8H2,1-2H3,(H,27,28)/t14-,18?/m0/s1. The smallest absolute Gasteiger partial charge is 0.348 e. The van der Waals surface area contributed by atoms with Crippen LogP contribution in [-0.4, -0.2) is 62.2 Å². The Balaban J connectivity index is 1.92. The van der Waals surface area contributed by atoms with Gasteiger partial charge < -0.3 is 14.6 Å². The molecule has 3 rings (SSSR count). The molecular formula is C18H18F2N4O7. The number of pyridine rings is 1. The number of aromatic nitrogens is 3. The highest BCUT2D eigenvalue weighted by Crippen LogP contribution is 2.29. The molecule has 2 aromatic rings. The van der Waals surface area contributed by atoms with Crippen LogP contribution in [0.4, 0.5) is 14.6 Å². The molecule has 1 fully saturated rings. The number of hydrogen-bond acceptors (Lipinski definition) is 7. The van der Waals surface area contributed by atoms with E-state index in [0.717, 1.165) is 24.1 Å². The Morgan fingerprint density at radius 3 is 2.61 bits per heavy atom. The lowest BCUT2D eigenvalue weighted by Crippen LogP contribution is -2.63. The second kappa shape index (κ2) is 8.26. The molecule has 0 radical (unpaired) electrons. The monoisotopic (exact) mass is 440 g/mol. The quantitative estimate of drug-likeness (QED) is 0.645. The molecule has 3 heterocycles. The molecule has 0 spiro atoms. The second-order valence-corrected chi connectivity index (χ2v) is 6.77. The Kier molecular flexibility index (Phi) is 5.88. The van der Waals surface area contributed by atoms with Crippen LogP contribution >= 0.6 is 0 Å². The number of nitrogens with zero attached hydrogens (tertiary/aromatic N) is 4. The Bertz CT molecular complexity index is 1080. The van der Waals surface area contributed by atoms with Crippen LogP contribution in [0.3, 0.4) is 0 Å². The van der Waals surface area contributed by atoms with Crippen LogP contribution in [0.15, 0.2) is 35.4 Å². The fourth-order valence-corrected chi connectivity index (χ4v) is 3.13. The van der Waals surface area contributed by atoms with Gasteiger partial charge in [0.15, 0.2) is 11.4 Å². The van der Waals surface area contributed by atoms with Crippen LogP contribution in [0.25, 0.3) is 5.69 Å². The van der Waals surface area contributed by atoms with Gasteiger partial charge in [0.1, 0.15) is 0 Å². The SMILES string of the molecule is CC(=O)O[C@@H](C(=O)O)C1(C)OCCN(c2ccn(-c3ccc(=O)n(C(F)F)c3)n2)C1=O. The molecule has 1 amide bonds. The maximum absolute atomic E-state index is 13.1. The van der Waals surface area contributed by atoms with Crippen molar-refractivity contribution in [1.82, 2.24) is 14.3 Å². The van der Waals surface area contributed by atoms with Gasteiger partial charge in [0.2, 0.25) is 6.10 Å². The molecule has 2 aromatic heterocycles. The zero-order valence-electron chi connectivity index (χ0n) is 16.4. The largest absolute Gasteiger partial charge is 0.478 e. The van der Waals surface area contributed by atoms with E-state index in [1.165, 1.54) is 29.9 Å². The number of ether oxygens (including phenoxy) is 2. The molecule has 1 aliphatic heterocycles. The number of aliphatic carboxylic acids is 1. The Hall–Kier alpha value is -3.61. The number of carboxylic acid groups (broad SMARTS) is 1. The summed E-state index contributed by atoms with van der Waals surface area (Å²) in [5, 5.41) is 13.6. The van der Waals surface area contributed by atoms with Crippen LogP contribution in [0.5, 0.6) is 0 Å². The minimum atomic E-state index is -3.04. The van der Waals surface area contributed by atoms with Gasteiger partial charge in [-0.05, 0) is 13.0 Å². The van der Waals surface area contributed by atoms with E-state index in [4.69, 9.17) is 9.47 Å². The first kappa shape index (κ1) is 22.1. The molecule has 13 heteroatoms. The molecule has 0 aliphatic carbocycles. The predicted octanol–water partition coefficient (Wildman–Crippen LogP) is 0.567. The van der Waals surface area contributed by atoms with Crippen molar-refractivity contribution in [2.75, 3.05) is 18.1 Å². The number of halogens is 2. The van der Waals surface area contributed by atoms with Crippen molar-refractivity contribution in [1.29, 1.82) is 0 Å². The fraction of sp³-hybridized carbons (Fsp3) is 0.389. The average Bonchev–Trinajstić information content (AvgIpc) is 3.18. The highest BCUT2D eigenvalue weighted by molar-refractivity contribution is 6.02. The molecule has 1 saturated heterocycles. The molecule has 1 aliphatic rings. The third kappa shape index (κ3) is 4.17. The first-order valence-corrected chi connectivity index (χ1v) is 8.97. The summed E-state index contributed by atoms with van der Waals surface area (Å²) in [6.45, 7) is -0.896. The van der Waals surface area contributed by atoms with Gasteiger partial charge in [-0.15, -0.1) is 5.10 Å².